The molecule has 0 saturated carbocycles. The van der Waals surface area contributed by atoms with Gasteiger partial charge in [-0.25, -0.2) is 0 Å². The summed E-state index contributed by atoms with van der Waals surface area (Å²) >= 11 is 0. The van der Waals surface area contributed by atoms with E-state index >= 15 is 0 Å². The Morgan fingerprint density at radius 3 is 2.26 bits per heavy atom. The summed E-state index contributed by atoms with van der Waals surface area (Å²) < 4.78 is 15.9. The Morgan fingerprint density at radius 1 is 1.09 bits per heavy atom. The summed E-state index contributed by atoms with van der Waals surface area (Å²) in [4.78, 5) is 11.7. The molecule has 128 valence electrons. The third-order valence-electron chi connectivity index (χ3n) is 3.57. The molecule has 1 rings (SSSR count). The van der Waals surface area contributed by atoms with Crippen LogP contribution in [0.1, 0.15) is 27.2 Å². The molecule has 0 fully saturated rings. The largest absolute Gasteiger partial charge is 0.491 e. The van der Waals surface area contributed by atoms with Gasteiger partial charge in [0.05, 0.1) is 18.6 Å². The maximum absolute atomic E-state index is 11.7. The fourth-order valence-electron chi connectivity index (χ4n) is 1.59. The molecule has 0 aliphatic carbocycles. The second kappa shape index (κ2) is 9.55. The van der Waals surface area contributed by atoms with Crippen molar-refractivity contribution in [2.24, 2.45) is 5.41 Å². The van der Waals surface area contributed by atoms with Crippen LogP contribution in [-0.2, 0) is 14.3 Å². The molecular formula is C16H25BO6. The number of hydrogen-bond acceptors (Lipinski definition) is 6. The average Bonchev–Trinajstić information content (AvgIpc) is 2.54. The maximum Gasteiger partial charge on any atom is 0.488 e. The molecule has 0 aromatic heterocycles. The minimum absolute atomic E-state index is 0.217. The van der Waals surface area contributed by atoms with Crippen molar-refractivity contribution in [3.05, 3.63) is 24.3 Å². The molecule has 0 radical (unpaired) electrons. The van der Waals surface area contributed by atoms with Crippen LogP contribution in [0, 0.1) is 5.41 Å². The smallest absolute Gasteiger partial charge is 0.488 e. The zero-order valence-electron chi connectivity index (χ0n) is 13.9. The van der Waals surface area contributed by atoms with Crippen molar-refractivity contribution in [1.29, 1.82) is 0 Å². The van der Waals surface area contributed by atoms with Crippen molar-refractivity contribution in [3.8, 4) is 5.75 Å². The highest BCUT2D eigenvalue weighted by Gasteiger charge is 2.26. The van der Waals surface area contributed by atoms with Crippen LogP contribution in [0.5, 0.6) is 5.75 Å². The highest BCUT2D eigenvalue weighted by molar-refractivity contribution is 6.58. The van der Waals surface area contributed by atoms with Gasteiger partial charge in [0.15, 0.2) is 0 Å². The van der Waals surface area contributed by atoms with E-state index in [1.807, 2.05) is 20.8 Å². The van der Waals surface area contributed by atoms with Gasteiger partial charge in [0, 0.05) is 0 Å². The van der Waals surface area contributed by atoms with Crippen LogP contribution in [0.4, 0.5) is 0 Å². The Hall–Kier alpha value is -1.57. The van der Waals surface area contributed by atoms with E-state index in [1.54, 1.807) is 24.3 Å². The van der Waals surface area contributed by atoms with Gasteiger partial charge in [-0.15, -0.1) is 0 Å². The Labute approximate surface area is 137 Å². The fourth-order valence-corrected chi connectivity index (χ4v) is 1.59. The predicted octanol–water partition coefficient (Wildman–Crippen LogP) is 0.741. The van der Waals surface area contributed by atoms with Crippen LogP contribution in [-0.4, -0.2) is 49.6 Å². The van der Waals surface area contributed by atoms with Crippen LogP contribution in [0.15, 0.2) is 24.3 Å². The zero-order chi connectivity index (χ0) is 17.3. The average molecular weight is 324 g/mol. The first-order chi connectivity index (χ1) is 10.9. The normalized spacial score (nSPS) is 11.2. The van der Waals surface area contributed by atoms with Gasteiger partial charge in [-0.2, -0.15) is 0 Å². The monoisotopic (exact) mass is 324 g/mol. The molecule has 6 nitrogen and oxygen atoms in total. The van der Waals surface area contributed by atoms with E-state index in [4.69, 9.17) is 24.3 Å². The Kier molecular flexibility index (Phi) is 8.09. The van der Waals surface area contributed by atoms with Gasteiger partial charge in [-0.1, -0.05) is 19.1 Å². The molecule has 0 heterocycles. The summed E-state index contributed by atoms with van der Waals surface area (Å²) in [5.41, 5.74) is -0.0531. The molecule has 0 spiro atoms. The summed E-state index contributed by atoms with van der Waals surface area (Å²) in [6, 6.07) is 6.47. The highest BCUT2D eigenvalue weighted by atomic mass is 16.6. The number of carbonyl (C=O) groups is 1. The van der Waals surface area contributed by atoms with Crippen molar-refractivity contribution in [1.82, 2.24) is 0 Å². The lowest BCUT2D eigenvalue weighted by molar-refractivity contribution is -0.155. The molecule has 0 amide bonds. The molecule has 0 unspecified atom stereocenters. The molecule has 0 saturated heterocycles. The summed E-state index contributed by atoms with van der Waals surface area (Å²) in [6.45, 7) is 6.93. The minimum Gasteiger partial charge on any atom is -0.491 e. The van der Waals surface area contributed by atoms with Gasteiger partial charge in [0.2, 0.25) is 0 Å². The summed E-state index contributed by atoms with van der Waals surface area (Å²) in [5.74, 6) is 0.403. The third-order valence-corrected chi connectivity index (χ3v) is 3.57. The van der Waals surface area contributed by atoms with Crippen molar-refractivity contribution >= 4 is 18.6 Å². The number of carbonyl (C=O) groups excluding carboxylic acids is 1. The fraction of sp³-hybridized carbons (Fsp3) is 0.562. The molecular weight excluding hydrogens is 299 g/mol. The second-order valence-electron chi connectivity index (χ2n) is 5.78. The molecule has 7 heteroatoms. The molecule has 1 aromatic carbocycles. The standard InChI is InChI=1S/C16H25BO6/c1-4-16(2,3)15(18)23-12-10-21-9-11-22-14-7-5-13(6-8-14)17(19)20/h5-8,19-20H,4,9-12H2,1-3H3. The zero-order valence-corrected chi connectivity index (χ0v) is 13.9. The molecule has 2 N–H and O–H groups in total. The van der Waals surface area contributed by atoms with Gasteiger partial charge < -0.3 is 24.3 Å². The van der Waals surface area contributed by atoms with E-state index in [-0.39, 0.29) is 12.6 Å². The Bertz CT molecular complexity index is 472. The summed E-state index contributed by atoms with van der Waals surface area (Å²) in [5, 5.41) is 18.0. The Morgan fingerprint density at radius 2 is 1.70 bits per heavy atom. The first-order valence-electron chi connectivity index (χ1n) is 7.70. The predicted molar refractivity (Wildman–Crippen MR) is 87.6 cm³/mol. The number of hydrogen-bond donors (Lipinski definition) is 2. The second-order valence-corrected chi connectivity index (χ2v) is 5.78. The van der Waals surface area contributed by atoms with E-state index in [9.17, 15) is 4.79 Å². The lowest BCUT2D eigenvalue weighted by atomic mass is 9.80. The van der Waals surface area contributed by atoms with E-state index in [0.717, 1.165) is 6.42 Å². The quantitative estimate of drug-likeness (QED) is 0.375. The van der Waals surface area contributed by atoms with Crippen LogP contribution >= 0.6 is 0 Å². The first kappa shape index (κ1) is 19.5. The van der Waals surface area contributed by atoms with Crippen LogP contribution in [0.2, 0.25) is 0 Å². The molecule has 0 atom stereocenters. The van der Waals surface area contributed by atoms with Gasteiger partial charge in [0.1, 0.15) is 19.0 Å². The van der Waals surface area contributed by atoms with Crippen LogP contribution in [0.25, 0.3) is 0 Å². The van der Waals surface area contributed by atoms with E-state index in [0.29, 0.717) is 31.0 Å². The molecule has 0 aliphatic heterocycles. The van der Waals surface area contributed by atoms with Gasteiger partial charge in [0.25, 0.3) is 0 Å². The number of esters is 1. The molecule has 0 bridgehead atoms. The third kappa shape index (κ3) is 7.03. The number of rotatable bonds is 10. The lowest BCUT2D eigenvalue weighted by Gasteiger charge is -2.20. The Balaban J connectivity index is 2.11. The maximum atomic E-state index is 11.7. The van der Waals surface area contributed by atoms with Gasteiger partial charge in [-0.05, 0) is 37.9 Å². The van der Waals surface area contributed by atoms with Crippen LogP contribution < -0.4 is 10.2 Å². The summed E-state index contributed by atoms with van der Waals surface area (Å²) in [7, 11) is -1.48. The molecule has 0 aliphatic rings. The van der Waals surface area contributed by atoms with E-state index < -0.39 is 12.5 Å². The number of benzene rings is 1. The van der Waals surface area contributed by atoms with E-state index in [2.05, 4.69) is 0 Å². The highest BCUT2D eigenvalue weighted by Crippen LogP contribution is 2.21. The molecule has 23 heavy (non-hydrogen) atoms. The topological polar surface area (TPSA) is 85.2 Å². The molecule has 1 aromatic rings. The van der Waals surface area contributed by atoms with E-state index in [1.165, 1.54) is 0 Å². The summed E-state index contributed by atoms with van der Waals surface area (Å²) in [6.07, 6.45) is 0.729. The van der Waals surface area contributed by atoms with Crippen molar-refractivity contribution in [2.75, 3.05) is 26.4 Å². The first-order valence-corrected chi connectivity index (χ1v) is 7.70. The van der Waals surface area contributed by atoms with Crippen molar-refractivity contribution in [2.45, 2.75) is 27.2 Å². The van der Waals surface area contributed by atoms with Crippen molar-refractivity contribution in [3.63, 3.8) is 0 Å². The van der Waals surface area contributed by atoms with Gasteiger partial charge in [-0.3, -0.25) is 4.79 Å². The van der Waals surface area contributed by atoms with Gasteiger partial charge >= 0.3 is 13.1 Å². The minimum atomic E-state index is -1.48. The van der Waals surface area contributed by atoms with Crippen molar-refractivity contribution < 1.29 is 29.1 Å². The SMILES string of the molecule is CCC(C)(C)C(=O)OCCOCCOc1ccc(B(O)O)cc1. The van der Waals surface area contributed by atoms with Crippen LogP contribution in [0.3, 0.4) is 0 Å². The lowest BCUT2D eigenvalue weighted by Crippen LogP contribution is -2.29. The number of ether oxygens (including phenoxy) is 3.